The highest BCUT2D eigenvalue weighted by molar-refractivity contribution is 7.92. The summed E-state index contributed by atoms with van der Waals surface area (Å²) in [6.07, 6.45) is 4.66. The molecule has 0 atom stereocenters. The van der Waals surface area contributed by atoms with Crippen molar-refractivity contribution in [2.75, 3.05) is 42.2 Å². The first-order valence-corrected chi connectivity index (χ1v) is 12.5. The van der Waals surface area contributed by atoms with Gasteiger partial charge in [-0.15, -0.1) is 0 Å². The van der Waals surface area contributed by atoms with E-state index in [-0.39, 0.29) is 11.3 Å². The van der Waals surface area contributed by atoms with Gasteiger partial charge in [0.15, 0.2) is 0 Å². The molecule has 1 aliphatic heterocycles. The van der Waals surface area contributed by atoms with Gasteiger partial charge in [0.05, 0.1) is 43.1 Å². The first-order valence-electron chi connectivity index (χ1n) is 10.7. The van der Waals surface area contributed by atoms with Gasteiger partial charge in [0.25, 0.3) is 0 Å². The highest BCUT2D eigenvalue weighted by atomic mass is 32.2. The van der Waals surface area contributed by atoms with Crippen molar-refractivity contribution in [3.05, 3.63) is 72.6 Å². The van der Waals surface area contributed by atoms with Crippen LogP contribution in [0.3, 0.4) is 0 Å². The average molecular weight is 485 g/mol. The molecule has 0 aliphatic carbocycles. The van der Waals surface area contributed by atoms with E-state index in [1.165, 1.54) is 12.1 Å². The van der Waals surface area contributed by atoms with Gasteiger partial charge < -0.3 is 9.64 Å². The monoisotopic (exact) mass is 484 g/mol. The molecule has 2 aromatic heterocycles. The lowest BCUT2D eigenvalue weighted by atomic mass is 9.98. The molecule has 0 bridgehead atoms. The normalized spacial score (nSPS) is 14.5. The fourth-order valence-corrected chi connectivity index (χ4v) is 4.69. The molecule has 0 amide bonds. The van der Waals surface area contributed by atoms with Crippen molar-refractivity contribution in [2.24, 2.45) is 0 Å². The summed E-state index contributed by atoms with van der Waals surface area (Å²) in [6, 6.07) is 12.2. The van der Waals surface area contributed by atoms with Crippen LogP contribution in [0.1, 0.15) is 0 Å². The van der Waals surface area contributed by atoms with Crippen LogP contribution in [0.15, 0.2) is 60.9 Å². The molecule has 3 heterocycles. The first-order chi connectivity index (χ1) is 16.3. The standard InChI is InChI=1S/C24H22F2N4O3S/c1-34(31,32)28-19-11-16(21-4-2-18(25)13-23(21)26)10-17(12-19)22-14-27-30-15-20(3-5-24(22)30)29-6-8-33-9-7-29/h2-5,10-15,28H,6-9H2,1H3. The Hall–Kier alpha value is -3.50. The molecular formula is C24H22F2N4O3S. The second-order valence-corrected chi connectivity index (χ2v) is 9.92. The number of pyridine rings is 1. The average Bonchev–Trinajstić information content (AvgIpc) is 3.21. The Morgan fingerprint density at radius 3 is 2.41 bits per heavy atom. The third kappa shape index (κ3) is 4.59. The number of fused-ring (bicyclic) bond motifs is 1. The van der Waals surface area contributed by atoms with Crippen molar-refractivity contribution in [2.45, 2.75) is 0 Å². The molecule has 5 rings (SSSR count). The second-order valence-electron chi connectivity index (χ2n) is 8.17. The molecule has 0 radical (unpaired) electrons. The lowest BCUT2D eigenvalue weighted by Gasteiger charge is -2.28. The molecule has 0 saturated carbocycles. The second kappa shape index (κ2) is 8.69. The van der Waals surface area contributed by atoms with E-state index in [0.717, 1.165) is 48.2 Å². The number of anilines is 2. The molecule has 1 aliphatic rings. The van der Waals surface area contributed by atoms with Crippen molar-refractivity contribution in [3.63, 3.8) is 0 Å². The van der Waals surface area contributed by atoms with E-state index in [4.69, 9.17) is 4.74 Å². The van der Waals surface area contributed by atoms with Gasteiger partial charge in [-0.3, -0.25) is 4.72 Å². The lowest BCUT2D eigenvalue weighted by Crippen LogP contribution is -2.36. The maximum atomic E-state index is 14.5. The number of nitrogens with one attached hydrogen (secondary N) is 1. The Kier molecular flexibility index (Phi) is 5.70. The van der Waals surface area contributed by atoms with Gasteiger partial charge in [0.1, 0.15) is 11.6 Å². The maximum absolute atomic E-state index is 14.5. The van der Waals surface area contributed by atoms with Crippen LogP contribution >= 0.6 is 0 Å². The molecule has 1 fully saturated rings. The number of aromatic nitrogens is 2. The minimum atomic E-state index is -3.58. The molecule has 2 aromatic carbocycles. The maximum Gasteiger partial charge on any atom is 0.229 e. The van der Waals surface area contributed by atoms with Crippen LogP contribution in [0.25, 0.3) is 27.8 Å². The van der Waals surface area contributed by atoms with Crippen molar-refractivity contribution in [1.29, 1.82) is 0 Å². The zero-order chi connectivity index (χ0) is 23.9. The number of sulfonamides is 1. The predicted molar refractivity (Wildman–Crippen MR) is 127 cm³/mol. The minimum absolute atomic E-state index is 0.158. The van der Waals surface area contributed by atoms with Gasteiger partial charge in [0.2, 0.25) is 10.0 Å². The number of morpholine rings is 1. The van der Waals surface area contributed by atoms with E-state index in [0.29, 0.717) is 24.3 Å². The molecule has 0 spiro atoms. The fourth-order valence-electron chi connectivity index (χ4n) is 4.14. The number of hydrogen-bond donors (Lipinski definition) is 1. The van der Waals surface area contributed by atoms with Gasteiger partial charge in [-0.25, -0.2) is 21.7 Å². The number of rotatable bonds is 5. The summed E-state index contributed by atoms with van der Waals surface area (Å²) >= 11 is 0. The van der Waals surface area contributed by atoms with Gasteiger partial charge >= 0.3 is 0 Å². The molecule has 4 aromatic rings. The molecule has 7 nitrogen and oxygen atoms in total. The third-order valence-corrected chi connectivity index (χ3v) is 6.27. The van der Waals surface area contributed by atoms with Crippen LogP contribution in [-0.2, 0) is 14.8 Å². The summed E-state index contributed by atoms with van der Waals surface area (Å²) in [5.41, 5.74) is 4.04. The summed E-state index contributed by atoms with van der Waals surface area (Å²) in [6.45, 7) is 2.94. The minimum Gasteiger partial charge on any atom is -0.378 e. The molecule has 34 heavy (non-hydrogen) atoms. The molecule has 1 saturated heterocycles. The van der Waals surface area contributed by atoms with Crippen LogP contribution in [0, 0.1) is 11.6 Å². The van der Waals surface area contributed by atoms with Gasteiger partial charge in [-0.05, 0) is 53.6 Å². The van der Waals surface area contributed by atoms with E-state index >= 15 is 0 Å². The van der Waals surface area contributed by atoms with Crippen LogP contribution in [-0.4, -0.2) is 50.6 Å². The molecule has 176 valence electrons. The summed E-state index contributed by atoms with van der Waals surface area (Å²) < 4.78 is 61.4. The quantitative estimate of drug-likeness (QED) is 0.461. The Bertz CT molecular complexity index is 1480. The van der Waals surface area contributed by atoms with E-state index < -0.39 is 21.7 Å². The zero-order valence-corrected chi connectivity index (χ0v) is 19.1. The number of nitrogens with zero attached hydrogens (tertiary/aromatic N) is 3. The van der Waals surface area contributed by atoms with Crippen molar-refractivity contribution in [1.82, 2.24) is 9.61 Å². The van der Waals surface area contributed by atoms with E-state index in [2.05, 4.69) is 14.7 Å². The van der Waals surface area contributed by atoms with Crippen molar-refractivity contribution in [3.8, 4) is 22.3 Å². The summed E-state index contributed by atoms with van der Waals surface area (Å²) in [4.78, 5) is 2.22. The van der Waals surface area contributed by atoms with Crippen LogP contribution < -0.4 is 9.62 Å². The topological polar surface area (TPSA) is 75.9 Å². The van der Waals surface area contributed by atoms with E-state index in [1.807, 2.05) is 18.3 Å². The Balaban J connectivity index is 1.61. The highest BCUT2D eigenvalue weighted by Crippen LogP contribution is 2.34. The smallest absolute Gasteiger partial charge is 0.229 e. The molecular weight excluding hydrogens is 462 g/mol. The third-order valence-electron chi connectivity index (χ3n) is 5.67. The van der Waals surface area contributed by atoms with E-state index in [9.17, 15) is 17.2 Å². The fraction of sp³-hybridized carbons (Fsp3) is 0.208. The lowest BCUT2D eigenvalue weighted by molar-refractivity contribution is 0.122. The van der Waals surface area contributed by atoms with Crippen LogP contribution in [0.2, 0.25) is 0 Å². The summed E-state index contributed by atoms with van der Waals surface area (Å²) in [7, 11) is -3.58. The van der Waals surface area contributed by atoms with Crippen molar-refractivity contribution >= 4 is 26.9 Å². The SMILES string of the molecule is CS(=O)(=O)Nc1cc(-c2ccc(F)cc2F)cc(-c2cnn3cc(N4CCOCC4)ccc23)c1. The predicted octanol–water partition coefficient (Wildman–Crippen LogP) is 4.15. The number of halogens is 2. The summed E-state index contributed by atoms with van der Waals surface area (Å²) in [5, 5.41) is 4.48. The van der Waals surface area contributed by atoms with Gasteiger partial charge in [-0.1, -0.05) is 0 Å². The van der Waals surface area contributed by atoms with Crippen LogP contribution in [0.4, 0.5) is 20.2 Å². The Morgan fingerprint density at radius 1 is 0.971 bits per heavy atom. The number of hydrogen-bond acceptors (Lipinski definition) is 5. The molecule has 10 heteroatoms. The Morgan fingerprint density at radius 2 is 1.71 bits per heavy atom. The molecule has 1 N–H and O–H groups in total. The number of ether oxygens (including phenoxy) is 1. The van der Waals surface area contributed by atoms with Crippen molar-refractivity contribution < 1.29 is 21.9 Å². The number of benzene rings is 2. The zero-order valence-electron chi connectivity index (χ0n) is 18.3. The molecule has 0 unspecified atom stereocenters. The Labute approximate surface area is 195 Å². The largest absolute Gasteiger partial charge is 0.378 e. The highest BCUT2D eigenvalue weighted by Gasteiger charge is 2.16. The van der Waals surface area contributed by atoms with Gasteiger partial charge in [-0.2, -0.15) is 5.10 Å². The first kappa shape index (κ1) is 22.3. The van der Waals surface area contributed by atoms with Crippen LogP contribution in [0.5, 0.6) is 0 Å². The van der Waals surface area contributed by atoms with E-state index in [1.54, 1.807) is 22.8 Å². The summed E-state index contributed by atoms with van der Waals surface area (Å²) in [5.74, 6) is -1.43. The van der Waals surface area contributed by atoms with Gasteiger partial charge in [0, 0.05) is 36.0 Å².